The lowest BCUT2D eigenvalue weighted by Gasteiger charge is -2.43. The molecule has 0 saturated carbocycles. The highest BCUT2D eigenvalue weighted by molar-refractivity contribution is 5.64. The summed E-state index contributed by atoms with van der Waals surface area (Å²) in [6.45, 7) is 10.3. The van der Waals surface area contributed by atoms with Crippen molar-refractivity contribution >= 4 is 11.4 Å². The molecule has 3 unspecified atom stereocenters. The number of rotatable bonds is 1. The summed E-state index contributed by atoms with van der Waals surface area (Å²) in [5.41, 5.74) is 9.46. The normalized spacial score (nSPS) is 29.4. The van der Waals surface area contributed by atoms with Gasteiger partial charge in [-0.3, -0.25) is 0 Å². The first-order valence-electron chi connectivity index (χ1n) is 6.62. The molecule has 2 heteroatoms. The molecule has 0 amide bonds. The Balaban J connectivity index is 2.34. The summed E-state index contributed by atoms with van der Waals surface area (Å²) in [5, 5.41) is 0. The number of hydrogen-bond acceptors (Lipinski definition) is 2. The number of piperidine rings is 1. The lowest BCUT2D eigenvalue weighted by atomic mass is 9.85. The minimum absolute atomic E-state index is 0.603. The molecule has 1 saturated heterocycles. The Morgan fingerprint density at radius 2 is 1.94 bits per heavy atom. The monoisotopic (exact) mass is 232 g/mol. The van der Waals surface area contributed by atoms with Crippen LogP contribution in [0.25, 0.3) is 0 Å². The van der Waals surface area contributed by atoms with E-state index < -0.39 is 0 Å². The van der Waals surface area contributed by atoms with Gasteiger partial charge in [0.2, 0.25) is 0 Å². The predicted octanol–water partition coefficient (Wildman–Crippen LogP) is 3.45. The molecule has 0 aliphatic carbocycles. The van der Waals surface area contributed by atoms with E-state index in [-0.39, 0.29) is 0 Å². The molecule has 0 aromatic heterocycles. The van der Waals surface area contributed by atoms with Crippen molar-refractivity contribution in [2.45, 2.75) is 40.2 Å². The predicted molar refractivity (Wildman–Crippen MR) is 75.3 cm³/mol. The van der Waals surface area contributed by atoms with Crippen LogP contribution in [-0.2, 0) is 0 Å². The molecule has 17 heavy (non-hydrogen) atoms. The Morgan fingerprint density at radius 1 is 1.24 bits per heavy atom. The van der Waals surface area contributed by atoms with E-state index in [1.165, 1.54) is 17.7 Å². The molecule has 94 valence electrons. The van der Waals surface area contributed by atoms with Gasteiger partial charge in [0.15, 0.2) is 0 Å². The summed E-state index contributed by atoms with van der Waals surface area (Å²) < 4.78 is 0. The average molecular weight is 232 g/mol. The first-order chi connectivity index (χ1) is 8.00. The summed E-state index contributed by atoms with van der Waals surface area (Å²) in [6, 6.07) is 6.85. The molecule has 0 radical (unpaired) electrons. The standard InChI is InChI=1S/C15H24N2/c1-10-8-11(2)13(4)17(9-10)15-7-5-6-14(16)12(15)3/h5-7,10-11,13H,8-9,16H2,1-4H3. The minimum Gasteiger partial charge on any atom is -0.398 e. The molecule has 1 aromatic rings. The maximum absolute atomic E-state index is 6.02. The highest BCUT2D eigenvalue weighted by Crippen LogP contribution is 2.34. The number of hydrogen-bond donors (Lipinski definition) is 1. The average Bonchev–Trinajstić information content (AvgIpc) is 2.27. The van der Waals surface area contributed by atoms with Gasteiger partial charge in [-0.15, -0.1) is 0 Å². The first-order valence-corrected chi connectivity index (χ1v) is 6.62. The molecule has 2 nitrogen and oxygen atoms in total. The van der Waals surface area contributed by atoms with Crippen LogP contribution in [-0.4, -0.2) is 12.6 Å². The van der Waals surface area contributed by atoms with Crippen LogP contribution in [0.3, 0.4) is 0 Å². The van der Waals surface area contributed by atoms with Crippen molar-refractivity contribution < 1.29 is 0 Å². The fourth-order valence-corrected chi connectivity index (χ4v) is 2.99. The van der Waals surface area contributed by atoms with Gasteiger partial charge in [0.1, 0.15) is 0 Å². The molecule has 1 aliphatic rings. The summed E-state index contributed by atoms with van der Waals surface area (Å²) >= 11 is 0. The van der Waals surface area contributed by atoms with Crippen molar-refractivity contribution in [1.82, 2.24) is 0 Å². The first kappa shape index (κ1) is 12.3. The molecule has 1 fully saturated rings. The summed E-state index contributed by atoms with van der Waals surface area (Å²) in [5.74, 6) is 1.52. The van der Waals surface area contributed by atoms with Crippen LogP contribution in [0.4, 0.5) is 11.4 Å². The van der Waals surface area contributed by atoms with Crippen molar-refractivity contribution in [2.24, 2.45) is 11.8 Å². The van der Waals surface area contributed by atoms with Crippen LogP contribution < -0.4 is 10.6 Å². The van der Waals surface area contributed by atoms with Crippen molar-refractivity contribution in [2.75, 3.05) is 17.2 Å². The van der Waals surface area contributed by atoms with E-state index >= 15 is 0 Å². The van der Waals surface area contributed by atoms with Gasteiger partial charge < -0.3 is 10.6 Å². The molecule has 0 bridgehead atoms. The minimum atomic E-state index is 0.603. The van der Waals surface area contributed by atoms with E-state index in [4.69, 9.17) is 5.73 Å². The Morgan fingerprint density at radius 3 is 2.65 bits per heavy atom. The van der Waals surface area contributed by atoms with Crippen LogP contribution in [0.5, 0.6) is 0 Å². The van der Waals surface area contributed by atoms with Crippen LogP contribution in [0.15, 0.2) is 18.2 Å². The van der Waals surface area contributed by atoms with Crippen LogP contribution in [0.1, 0.15) is 32.8 Å². The van der Waals surface area contributed by atoms with E-state index in [1.807, 2.05) is 6.07 Å². The zero-order chi connectivity index (χ0) is 12.6. The van der Waals surface area contributed by atoms with E-state index in [2.05, 4.69) is 44.7 Å². The molecule has 1 aliphatic heterocycles. The van der Waals surface area contributed by atoms with E-state index in [0.717, 1.165) is 24.1 Å². The van der Waals surface area contributed by atoms with E-state index in [0.29, 0.717) is 6.04 Å². The third-order valence-corrected chi connectivity index (χ3v) is 4.25. The number of nitrogens with zero attached hydrogens (tertiary/aromatic N) is 1. The summed E-state index contributed by atoms with van der Waals surface area (Å²) in [7, 11) is 0. The van der Waals surface area contributed by atoms with Crippen LogP contribution in [0, 0.1) is 18.8 Å². The highest BCUT2D eigenvalue weighted by Gasteiger charge is 2.29. The Hall–Kier alpha value is -1.18. The van der Waals surface area contributed by atoms with Gasteiger partial charge in [-0.2, -0.15) is 0 Å². The molecule has 2 N–H and O–H groups in total. The molecule has 2 rings (SSSR count). The molecular formula is C15H24N2. The molecule has 3 atom stereocenters. The number of benzene rings is 1. The maximum atomic E-state index is 6.02. The fourth-order valence-electron chi connectivity index (χ4n) is 2.99. The summed E-state index contributed by atoms with van der Waals surface area (Å²) in [6.07, 6.45) is 1.33. The zero-order valence-electron chi connectivity index (χ0n) is 11.4. The van der Waals surface area contributed by atoms with Crippen LogP contribution in [0.2, 0.25) is 0 Å². The zero-order valence-corrected chi connectivity index (χ0v) is 11.4. The van der Waals surface area contributed by atoms with Gasteiger partial charge in [-0.1, -0.05) is 19.9 Å². The maximum Gasteiger partial charge on any atom is 0.0419 e. The third kappa shape index (κ3) is 2.26. The topological polar surface area (TPSA) is 29.3 Å². The van der Waals surface area contributed by atoms with Crippen molar-refractivity contribution in [3.63, 3.8) is 0 Å². The second kappa shape index (κ2) is 4.59. The summed E-state index contributed by atoms with van der Waals surface area (Å²) in [4.78, 5) is 2.53. The lowest BCUT2D eigenvalue weighted by molar-refractivity contribution is 0.297. The SMILES string of the molecule is Cc1c(N)cccc1N1CC(C)CC(C)C1C. The fraction of sp³-hybridized carbons (Fsp3) is 0.600. The van der Waals surface area contributed by atoms with E-state index in [9.17, 15) is 0 Å². The van der Waals surface area contributed by atoms with Gasteiger partial charge in [-0.05, 0) is 49.8 Å². The Labute approximate surface area is 105 Å². The van der Waals surface area contributed by atoms with Gasteiger partial charge in [0.25, 0.3) is 0 Å². The number of nitrogens with two attached hydrogens (primary N) is 1. The number of anilines is 2. The molecule has 0 spiro atoms. The van der Waals surface area contributed by atoms with Crippen LogP contribution >= 0.6 is 0 Å². The Bertz CT molecular complexity index is 400. The highest BCUT2D eigenvalue weighted by atomic mass is 15.2. The third-order valence-electron chi connectivity index (χ3n) is 4.25. The quantitative estimate of drug-likeness (QED) is 0.751. The molecule has 1 aromatic carbocycles. The van der Waals surface area contributed by atoms with Gasteiger partial charge >= 0.3 is 0 Å². The largest absolute Gasteiger partial charge is 0.398 e. The molecular weight excluding hydrogens is 208 g/mol. The lowest BCUT2D eigenvalue weighted by Crippen LogP contribution is -2.46. The van der Waals surface area contributed by atoms with E-state index in [1.54, 1.807) is 0 Å². The Kier molecular flexibility index (Phi) is 3.32. The van der Waals surface area contributed by atoms with Gasteiger partial charge in [0.05, 0.1) is 0 Å². The van der Waals surface area contributed by atoms with Gasteiger partial charge in [0, 0.05) is 24.0 Å². The second-order valence-corrected chi connectivity index (χ2v) is 5.70. The smallest absolute Gasteiger partial charge is 0.0419 e. The number of nitrogen functional groups attached to an aromatic ring is 1. The molecule has 1 heterocycles. The van der Waals surface area contributed by atoms with Crippen molar-refractivity contribution in [3.05, 3.63) is 23.8 Å². The van der Waals surface area contributed by atoms with Gasteiger partial charge in [-0.25, -0.2) is 0 Å². The van der Waals surface area contributed by atoms with Crippen molar-refractivity contribution in [3.8, 4) is 0 Å². The second-order valence-electron chi connectivity index (χ2n) is 5.70. The van der Waals surface area contributed by atoms with Crippen molar-refractivity contribution in [1.29, 1.82) is 0 Å².